The Bertz CT molecular complexity index is 453. The molecule has 0 aromatic heterocycles. The summed E-state index contributed by atoms with van der Waals surface area (Å²) in [6, 6.07) is 17.0. The monoisotopic (exact) mass is 229 g/mol. The van der Waals surface area contributed by atoms with Crippen molar-refractivity contribution in [3.63, 3.8) is 0 Å². The average Bonchev–Trinajstić information content (AvgIpc) is 2.36. The Kier molecular flexibility index (Phi) is 4.28. The van der Waals surface area contributed by atoms with Crippen LogP contribution < -0.4 is 5.32 Å². The molecule has 0 aliphatic carbocycles. The Morgan fingerprint density at radius 3 is 2.41 bits per heavy atom. The first-order chi connectivity index (χ1) is 8.34. The van der Waals surface area contributed by atoms with Gasteiger partial charge in [0, 0.05) is 6.54 Å². The molecule has 2 rings (SSSR count). The lowest BCUT2D eigenvalue weighted by Crippen LogP contribution is -2.16. The Balaban J connectivity index is 1.73. The molecule has 0 aliphatic rings. The highest BCUT2D eigenvalue weighted by atomic mass is 19.1. The van der Waals surface area contributed by atoms with E-state index in [4.69, 9.17) is 0 Å². The molecule has 2 aromatic carbocycles. The van der Waals surface area contributed by atoms with Gasteiger partial charge in [-0.3, -0.25) is 0 Å². The third kappa shape index (κ3) is 4.00. The minimum Gasteiger partial charge on any atom is -0.312 e. The maximum absolute atomic E-state index is 12.9. The van der Waals surface area contributed by atoms with Crippen LogP contribution in [0.4, 0.5) is 4.39 Å². The van der Waals surface area contributed by atoms with Crippen molar-refractivity contribution in [2.45, 2.75) is 13.0 Å². The SMILES string of the molecule is Fc1cccc(CCNCc2ccccc2)c1. The molecule has 0 radical (unpaired) electrons. The highest BCUT2D eigenvalue weighted by Crippen LogP contribution is 2.04. The summed E-state index contributed by atoms with van der Waals surface area (Å²) in [7, 11) is 0. The van der Waals surface area contributed by atoms with Gasteiger partial charge >= 0.3 is 0 Å². The number of halogens is 1. The minimum atomic E-state index is -0.162. The summed E-state index contributed by atoms with van der Waals surface area (Å²) in [5.41, 5.74) is 2.30. The summed E-state index contributed by atoms with van der Waals surface area (Å²) in [5.74, 6) is -0.162. The van der Waals surface area contributed by atoms with Crippen LogP contribution in [-0.2, 0) is 13.0 Å². The highest BCUT2D eigenvalue weighted by molar-refractivity contribution is 5.17. The number of hydrogen-bond donors (Lipinski definition) is 1. The molecule has 0 saturated heterocycles. The molecular weight excluding hydrogens is 213 g/mol. The minimum absolute atomic E-state index is 0.162. The lowest BCUT2D eigenvalue weighted by atomic mass is 10.1. The van der Waals surface area contributed by atoms with Gasteiger partial charge in [-0.25, -0.2) is 4.39 Å². The second kappa shape index (κ2) is 6.16. The number of nitrogens with one attached hydrogen (secondary N) is 1. The fourth-order valence-corrected chi connectivity index (χ4v) is 1.75. The molecule has 0 unspecified atom stereocenters. The van der Waals surface area contributed by atoms with E-state index < -0.39 is 0 Å². The molecule has 0 saturated carbocycles. The number of hydrogen-bond acceptors (Lipinski definition) is 1. The van der Waals surface area contributed by atoms with Crippen LogP contribution in [0.2, 0.25) is 0 Å². The van der Waals surface area contributed by atoms with E-state index in [1.54, 1.807) is 12.1 Å². The van der Waals surface area contributed by atoms with E-state index in [1.807, 2.05) is 24.3 Å². The second-order valence-electron chi connectivity index (χ2n) is 4.04. The zero-order valence-corrected chi connectivity index (χ0v) is 9.70. The lowest BCUT2D eigenvalue weighted by molar-refractivity contribution is 0.622. The normalized spacial score (nSPS) is 10.4. The van der Waals surface area contributed by atoms with Gasteiger partial charge in [-0.05, 0) is 36.2 Å². The first kappa shape index (κ1) is 11.8. The van der Waals surface area contributed by atoms with Crippen LogP contribution in [0.25, 0.3) is 0 Å². The van der Waals surface area contributed by atoms with Gasteiger partial charge in [-0.2, -0.15) is 0 Å². The predicted molar refractivity (Wildman–Crippen MR) is 68.3 cm³/mol. The maximum Gasteiger partial charge on any atom is 0.123 e. The van der Waals surface area contributed by atoms with Crippen molar-refractivity contribution in [1.29, 1.82) is 0 Å². The van der Waals surface area contributed by atoms with E-state index in [2.05, 4.69) is 17.4 Å². The molecule has 88 valence electrons. The van der Waals surface area contributed by atoms with E-state index >= 15 is 0 Å². The van der Waals surface area contributed by atoms with E-state index in [0.717, 1.165) is 25.1 Å². The molecule has 1 nitrogen and oxygen atoms in total. The highest BCUT2D eigenvalue weighted by Gasteiger charge is 1.95. The van der Waals surface area contributed by atoms with Gasteiger partial charge in [-0.1, -0.05) is 42.5 Å². The predicted octanol–water partition coefficient (Wildman–Crippen LogP) is 3.16. The third-order valence-electron chi connectivity index (χ3n) is 2.65. The van der Waals surface area contributed by atoms with Crippen LogP contribution in [0.15, 0.2) is 54.6 Å². The summed E-state index contributed by atoms with van der Waals surface area (Å²) >= 11 is 0. The van der Waals surface area contributed by atoms with Crippen molar-refractivity contribution in [2.75, 3.05) is 6.54 Å². The maximum atomic E-state index is 12.9. The van der Waals surface area contributed by atoms with Gasteiger partial charge in [0.15, 0.2) is 0 Å². The van der Waals surface area contributed by atoms with Crippen molar-refractivity contribution in [2.24, 2.45) is 0 Å². The standard InChI is InChI=1S/C15H16FN/c16-15-8-4-7-13(11-15)9-10-17-12-14-5-2-1-3-6-14/h1-8,11,17H,9-10,12H2. The van der Waals surface area contributed by atoms with Gasteiger partial charge in [0.2, 0.25) is 0 Å². The zero-order chi connectivity index (χ0) is 11.9. The molecule has 1 N–H and O–H groups in total. The van der Waals surface area contributed by atoms with Crippen LogP contribution in [-0.4, -0.2) is 6.54 Å². The van der Waals surface area contributed by atoms with Gasteiger partial charge in [-0.15, -0.1) is 0 Å². The number of benzene rings is 2. The number of rotatable bonds is 5. The van der Waals surface area contributed by atoms with E-state index in [-0.39, 0.29) is 5.82 Å². The van der Waals surface area contributed by atoms with Crippen LogP contribution in [0.5, 0.6) is 0 Å². The molecule has 0 amide bonds. The van der Waals surface area contributed by atoms with Crippen LogP contribution in [0.3, 0.4) is 0 Å². The van der Waals surface area contributed by atoms with Crippen LogP contribution in [0.1, 0.15) is 11.1 Å². The Labute approximate surface area is 101 Å². The Morgan fingerprint density at radius 1 is 0.882 bits per heavy atom. The van der Waals surface area contributed by atoms with Crippen LogP contribution in [0, 0.1) is 5.82 Å². The summed E-state index contributed by atoms with van der Waals surface area (Å²) in [6.45, 7) is 1.72. The van der Waals surface area contributed by atoms with Gasteiger partial charge in [0.1, 0.15) is 5.82 Å². The molecule has 2 aromatic rings. The first-order valence-electron chi connectivity index (χ1n) is 5.84. The molecule has 0 fully saturated rings. The van der Waals surface area contributed by atoms with Gasteiger partial charge in [0.05, 0.1) is 0 Å². The molecule has 17 heavy (non-hydrogen) atoms. The Hall–Kier alpha value is -1.67. The van der Waals surface area contributed by atoms with Crippen LogP contribution >= 0.6 is 0 Å². The molecule has 2 heteroatoms. The summed E-state index contributed by atoms with van der Waals surface area (Å²) < 4.78 is 12.9. The molecule has 0 bridgehead atoms. The molecular formula is C15H16FN. The molecule has 0 aliphatic heterocycles. The fraction of sp³-hybridized carbons (Fsp3) is 0.200. The first-order valence-corrected chi connectivity index (χ1v) is 5.84. The van der Waals surface area contributed by atoms with E-state index in [0.29, 0.717) is 0 Å². The van der Waals surface area contributed by atoms with Gasteiger partial charge in [0.25, 0.3) is 0 Å². The quantitative estimate of drug-likeness (QED) is 0.777. The van der Waals surface area contributed by atoms with Gasteiger partial charge < -0.3 is 5.32 Å². The van der Waals surface area contributed by atoms with Crippen molar-refractivity contribution >= 4 is 0 Å². The molecule has 0 atom stereocenters. The topological polar surface area (TPSA) is 12.0 Å². The largest absolute Gasteiger partial charge is 0.312 e. The zero-order valence-electron chi connectivity index (χ0n) is 9.70. The molecule has 0 heterocycles. The summed E-state index contributed by atoms with van der Waals surface area (Å²) in [4.78, 5) is 0. The second-order valence-corrected chi connectivity index (χ2v) is 4.04. The van der Waals surface area contributed by atoms with E-state index in [9.17, 15) is 4.39 Å². The summed E-state index contributed by atoms with van der Waals surface area (Å²) in [6.07, 6.45) is 0.852. The average molecular weight is 229 g/mol. The Morgan fingerprint density at radius 2 is 1.65 bits per heavy atom. The fourth-order valence-electron chi connectivity index (χ4n) is 1.75. The van der Waals surface area contributed by atoms with Crippen molar-refractivity contribution in [1.82, 2.24) is 5.32 Å². The van der Waals surface area contributed by atoms with Crippen molar-refractivity contribution in [3.8, 4) is 0 Å². The molecule has 0 spiro atoms. The third-order valence-corrected chi connectivity index (χ3v) is 2.65. The summed E-state index contributed by atoms with van der Waals surface area (Å²) in [5, 5.41) is 3.35. The lowest BCUT2D eigenvalue weighted by Gasteiger charge is -2.05. The van der Waals surface area contributed by atoms with Crippen molar-refractivity contribution < 1.29 is 4.39 Å². The van der Waals surface area contributed by atoms with Crippen molar-refractivity contribution in [3.05, 3.63) is 71.5 Å². The smallest absolute Gasteiger partial charge is 0.123 e. The van der Waals surface area contributed by atoms with E-state index in [1.165, 1.54) is 11.6 Å².